The third-order valence-electron chi connectivity index (χ3n) is 3.44. The Morgan fingerprint density at radius 3 is 2.95 bits per heavy atom. The highest BCUT2D eigenvalue weighted by atomic mass is 16.4. The van der Waals surface area contributed by atoms with Crippen molar-refractivity contribution < 1.29 is 14.7 Å². The van der Waals surface area contributed by atoms with Gasteiger partial charge in [-0.25, -0.2) is 0 Å². The summed E-state index contributed by atoms with van der Waals surface area (Å²) < 4.78 is 0. The van der Waals surface area contributed by atoms with E-state index in [9.17, 15) is 9.59 Å². The van der Waals surface area contributed by atoms with E-state index in [0.29, 0.717) is 32.4 Å². The summed E-state index contributed by atoms with van der Waals surface area (Å²) in [5, 5.41) is 9.00. The molecule has 1 aromatic rings. The van der Waals surface area contributed by atoms with E-state index < -0.39 is 11.9 Å². The van der Waals surface area contributed by atoms with E-state index in [2.05, 4.69) is 4.98 Å². The molecule has 0 aliphatic carbocycles. The molecule has 0 spiro atoms. The molecule has 0 aromatic carbocycles. The van der Waals surface area contributed by atoms with Crippen LogP contribution in [-0.4, -0.2) is 40.0 Å². The number of carbonyl (C=O) groups is 2. The van der Waals surface area contributed by atoms with Gasteiger partial charge in [-0.1, -0.05) is 6.07 Å². The van der Waals surface area contributed by atoms with Gasteiger partial charge < -0.3 is 10.0 Å². The number of carbonyl (C=O) groups excluding carboxylic acids is 1. The van der Waals surface area contributed by atoms with Crippen molar-refractivity contribution in [3.8, 4) is 0 Å². The second-order valence-corrected chi connectivity index (χ2v) is 4.84. The minimum atomic E-state index is -0.803. The van der Waals surface area contributed by atoms with Crippen LogP contribution >= 0.6 is 0 Å². The van der Waals surface area contributed by atoms with E-state index in [1.165, 1.54) is 0 Å². The predicted molar refractivity (Wildman–Crippen MR) is 69.5 cm³/mol. The molecule has 1 saturated heterocycles. The zero-order valence-corrected chi connectivity index (χ0v) is 10.8. The second-order valence-electron chi connectivity index (χ2n) is 4.84. The first-order valence-electron chi connectivity index (χ1n) is 6.57. The van der Waals surface area contributed by atoms with Crippen LogP contribution in [0.1, 0.15) is 25.0 Å². The van der Waals surface area contributed by atoms with Crippen LogP contribution in [-0.2, 0) is 16.0 Å². The summed E-state index contributed by atoms with van der Waals surface area (Å²) in [6.45, 7) is 1.02. The van der Waals surface area contributed by atoms with E-state index in [4.69, 9.17) is 5.11 Å². The molecule has 2 rings (SSSR count). The zero-order valence-electron chi connectivity index (χ0n) is 10.8. The summed E-state index contributed by atoms with van der Waals surface area (Å²) in [6, 6.07) is 5.63. The van der Waals surface area contributed by atoms with E-state index >= 15 is 0 Å². The van der Waals surface area contributed by atoms with Gasteiger partial charge in [0.25, 0.3) is 0 Å². The Labute approximate surface area is 112 Å². The van der Waals surface area contributed by atoms with Gasteiger partial charge in [0, 0.05) is 31.4 Å². The van der Waals surface area contributed by atoms with Crippen LogP contribution < -0.4 is 0 Å². The van der Waals surface area contributed by atoms with Gasteiger partial charge in [0.15, 0.2) is 0 Å². The van der Waals surface area contributed by atoms with E-state index in [1.807, 2.05) is 18.2 Å². The zero-order chi connectivity index (χ0) is 13.7. The summed E-state index contributed by atoms with van der Waals surface area (Å²) in [5.74, 6) is -1.19. The van der Waals surface area contributed by atoms with Crippen LogP contribution in [0.2, 0.25) is 0 Å². The fourth-order valence-electron chi connectivity index (χ4n) is 2.34. The number of nitrogens with zero attached hydrogens (tertiary/aromatic N) is 2. The number of hydrogen-bond donors (Lipinski definition) is 1. The molecule has 102 valence electrons. The Morgan fingerprint density at radius 1 is 1.42 bits per heavy atom. The van der Waals surface area contributed by atoms with Crippen molar-refractivity contribution in [2.24, 2.45) is 5.92 Å². The van der Waals surface area contributed by atoms with Gasteiger partial charge in [0.05, 0.1) is 5.92 Å². The van der Waals surface area contributed by atoms with Crippen molar-refractivity contribution in [1.82, 2.24) is 9.88 Å². The molecule has 1 aliphatic heterocycles. The number of carboxylic acids is 1. The first kappa shape index (κ1) is 13.5. The molecule has 2 heterocycles. The first-order valence-corrected chi connectivity index (χ1v) is 6.57. The molecule has 1 aliphatic rings. The molecular formula is C14H18N2O3. The lowest BCUT2D eigenvalue weighted by atomic mass is 9.98. The van der Waals surface area contributed by atoms with Gasteiger partial charge in [-0.3, -0.25) is 14.6 Å². The largest absolute Gasteiger partial charge is 0.481 e. The monoisotopic (exact) mass is 262 g/mol. The molecule has 1 fully saturated rings. The third kappa shape index (κ3) is 3.77. The number of rotatable bonds is 4. The average Bonchev–Trinajstić information content (AvgIpc) is 2.46. The van der Waals surface area contributed by atoms with Crippen LogP contribution in [0.4, 0.5) is 0 Å². The van der Waals surface area contributed by atoms with Crippen molar-refractivity contribution in [2.45, 2.75) is 25.7 Å². The average molecular weight is 262 g/mol. The molecular weight excluding hydrogens is 244 g/mol. The molecule has 0 radical (unpaired) electrons. The number of pyridine rings is 1. The van der Waals surface area contributed by atoms with Crippen LogP contribution in [0.3, 0.4) is 0 Å². The molecule has 1 atom stereocenters. The molecule has 0 bridgehead atoms. The van der Waals surface area contributed by atoms with Crippen molar-refractivity contribution >= 4 is 11.9 Å². The highest BCUT2D eigenvalue weighted by Crippen LogP contribution is 2.17. The minimum absolute atomic E-state index is 0.0246. The molecule has 19 heavy (non-hydrogen) atoms. The van der Waals surface area contributed by atoms with E-state index in [-0.39, 0.29) is 5.91 Å². The maximum absolute atomic E-state index is 12.0. The maximum Gasteiger partial charge on any atom is 0.308 e. The summed E-state index contributed by atoms with van der Waals surface area (Å²) in [6.07, 6.45) is 4.14. The summed E-state index contributed by atoms with van der Waals surface area (Å²) in [4.78, 5) is 28.8. The van der Waals surface area contributed by atoms with Gasteiger partial charge >= 0.3 is 5.97 Å². The fraction of sp³-hybridized carbons (Fsp3) is 0.500. The molecule has 0 unspecified atom stereocenters. The number of aromatic nitrogens is 1. The van der Waals surface area contributed by atoms with Gasteiger partial charge in [-0.2, -0.15) is 0 Å². The van der Waals surface area contributed by atoms with Crippen LogP contribution in [0, 0.1) is 5.92 Å². The molecule has 1 aromatic heterocycles. The number of aryl methyl sites for hydroxylation is 1. The predicted octanol–water partition coefficient (Wildman–Crippen LogP) is 1.34. The Kier molecular flexibility index (Phi) is 4.49. The lowest BCUT2D eigenvalue weighted by molar-refractivity contribution is -0.145. The van der Waals surface area contributed by atoms with Gasteiger partial charge in [0.1, 0.15) is 0 Å². The highest BCUT2D eigenvalue weighted by Gasteiger charge is 2.27. The maximum atomic E-state index is 12.0. The second kappa shape index (κ2) is 6.31. The Bertz CT molecular complexity index is 447. The Morgan fingerprint density at radius 2 is 2.26 bits per heavy atom. The van der Waals surface area contributed by atoms with Crippen LogP contribution in [0.5, 0.6) is 0 Å². The lowest BCUT2D eigenvalue weighted by Crippen LogP contribution is -2.42. The molecule has 1 amide bonds. The summed E-state index contributed by atoms with van der Waals surface area (Å²) in [7, 11) is 0. The van der Waals surface area contributed by atoms with Crippen LogP contribution in [0.15, 0.2) is 24.4 Å². The number of piperidine rings is 1. The molecule has 5 heteroatoms. The van der Waals surface area contributed by atoms with Gasteiger partial charge in [-0.05, 0) is 31.4 Å². The number of hydrogen-bond acceptors (Lipinski definition) is 3. The standard InChI is InChI=1S/C14H18N2O3/c17-13(7-6-12-5-1-2-8-15-12)16-9-3-4-11(10-16)14(18)19/h1-2,5,8,11H,3-4,6-7,9-10H2,(H,18,19)/t11-/m0/s1. The Hall–Kier alpha value is -1.91. The summed E-state index contributed by atoms with van der Waals surface area (Å²) in [5.41, 5.74) is 0.891. The molecule has 1 N–H and O–H groups in total. The number of amides is 1. The number of aliphatic carboxylic acids is 1. The molecule has 5 nitrogen and oxygen atoms in total. The van der Waals surface area contributed by atoms with Crippen molar-refractivity contribution in [3.05, 3.63) is 30.1 Å². The van der Waals surface area contributed by atoms with Crippen LogP contribution in [0.25, 0.3) is 0 Å². The minimum Gasteiger partial charge on any atom is -0.481 e. The smallest absolute Gasteiger partial charge is 0.308 e. The Balaban J connectivity index is 1.84. The fourth-order valence-corrected chi connectivity index (χ4v) is 2.34. The first-order chi connectivity index (χ1) is 9.16. The number of likely N-dealkylation sites (tertiary alicyclic amines) is 1. The van der Waals surface area contributed by atoms with E-state index in [0.717, 1.165) is 12.1 Å². The van der Waals surface area contributed by atoms with Crippen molar-refractivity contribution in [2.75, 3.05) is 13.1 Å². The van der Waals surface area contributed by atoms with Gasteiger partial charge in [0.2, 0.25) is 5.91 Å². The normalized spacial score (nSPS) is 19.2. The van der Waals surface area contributed by atoms with Crippen molar-refractivity contribution in [1.29, 1.82) is 0 Å². The van der Waals surface area contributed by atoms with Crippen molar-refractivity contribution in [3.63, 3.8) is 0 Å². The topological polar surface area (TPSA) is 70.5 Å². The summed E-state index contributed by atoms with van der Waals surface area (Å²) >= 11 is 0. The SMILES string of the molecule is O=C(O)[C@H]1CCCN(C(=O)CCc2ccccn2)C1. The lowest BCUT2D eigenvalue weighted by Gasteiger charge is -2.30. The van der Waals surface area contributed by atoms with Gasteiger partial charge in [-0.15, -0.1) is 0 Å². The van der Waals surface area contributed by atoms with E-state index in [1.54, 1.807) is 11.1 Å². The molecule has 0 saturated carbocycles. The third-order valence-corrected chi connectivity index (χ3v) is 3.44. The quantitative estimate of drug-likeness (QED) is 0.888. The number of carboxylic acid groups (broad SMARTS) is 1. The highest BCUT2D eigenvalue weighted by molar-refractivity contribution is 5.78.